The number of amides is 2. The molecular weight excluding hydrogens is 376 g/mol. The zero-order chi connectivity index (χ0) is 20.5. The van der Waals surface area contributed by atoms with E-state index in [2.05, 4.69) is 56.0 Å². The molecule has 30 heavy (non-hydrogen) atoms. The number of nitrogens with one attached hydrogen (secondary N) is 1. The number of carbonyl (C=O) groups excluding carboxylic acids is 1. The maximum absolute atomic E-state index is 12.7. The van der Waals surface area contributed by atoms with Crippen LogP contribution in [0.2, 0.25) is 0 Å². The molecule has 1 aromatic carbocycles. The molecule has 7 heteroatoms. The third kappa shape index (κ3) is 3.49. The Hall–Kier alpha value is -3.09. The molecule has 2 aliphatic heterocycles. The second-order valence-electron chi connectivity index (χ2n) is 8.36. The average Bonchev–Trinajstić information content (AvgIpc) is 3.35. The fourth-order valence-electron chi connectivity index (χ4n) is 4.84. The highest BCUT2D eigenvalue weighted by molar-refractivity contribution is 5.74. The van der Waals surface area contributed by atoms with Gasteiger partial charge in [0.2, 0.25) is 0 Å². The molecule has 1 N–H and O–H groups in total. The molecule has 5 rings (SSSR count). The van der Waals surface area contributed by atoms with Crippen LogP contribution in [0.5, 0.6) is 0 Å². The second-order valence-corrected chi connectivity index (χ2v) is 8.36. The first-order valence-electron chi connectivity index (χ1n) is 10.9. The van der Waals surface area contributed by atoms with Crippen molar-refractivity contribution in [3.05, 3.63) is 60.0 Å². The normalized spacial score (nSPS) is 19.3. The van der Waals surface area contributed by atoms with Gasteiger partial charge in [-0.3, -0.25) is 4.40 Å². The first kappa shape index (κ1) is 18.9. The molecule has 1 fully saturated rings. The van der Waals surface area contributed by atoms with E-state index in [0.29, 0.717) is 18.5 Å². The maximum Gasteiger partial charge on any atom is 0.317 e. The Morgan fingerprint density at radius 2 is 1.90 bits per heavy atom. The Labute approximate surface area is 176 Å². The summed E-state index contributed by atoms with van der Waals surface area (Å²) in [6.45, 7) is 5.25. The lowest BCUT2D eigenvalue weighted by Crippen LogP contribution is -2.46. The molecule has 1 atom stereocenters. The van der Waals surface area contributed by atoms with Crippen LogP contribution >= 0.6 is 0 Å². The predicted molar refractivity (Wildman–Crippen MR) is 117 cm³/mol. The molecule has 1 saturated heterocycles. The lowest BCUT2D eigenvalue weighted by atomic mass is 9.96. The number of nitrogens with zero attached hydrogens (tertiary/aromatic N) is 5. The fourth-order valence-corrected chi connectivity index (χ4v) is 4.84. The van der Waals surface area contributed by atoms with Crippen LogP contribution < -0.4 is 10.2 Å². The SMILES string of the molecule is CC1Cc2ccccc2N1CCNC(=O)N1CCC(c2nnc3ccccn23)CC1. The Morgan fingerprint density at radius 1 is 1.10 bits per heavy atom. The Morgan fingerprint density at radius 3 is 2.77 bits per heavy atom. The Bertz CT molecular complexity index is 1040. The van der Waals surface area contributed by atoms with Crippen LogP contribution in [-0.4, -0.2) is 57.7 Å². The highest BCUT2D eigenvalue weighted by Crippen LogP contribution is 2.31. The van der Waals surface area contributed by atoms with E-state index in [-0.39, 0.29) is 6.03 Å². The number of aromatic nitrogens is 3. The van der Waals surface area contributed by atoms with E-state index in [1.54, 1.807) is 0 Å². The van der Waals surface area contributed by atoms with Gasteiger partial charge in [0.25, 0.3) is 0 Å². The first-order chi connectivity index (χ1) is 14.7. The summed E-state index contributed by atoms with van der Waals surface area (Å²) < 4.78 is 2.06. The number of pyridine rings is 1. The average molecular weight is 405 g/mol. The number of urea groups is 1. The summed E-state index contributed by atoms with van der Waals surface area (Å²) >= 11 is 0. The summed E-state index contributed by atoms with van der Waals surface area (Å²) in [7, 11) is 0. The largest absolute Gasteiger partial charge is 0.367 e. The molecule has 2 amide bonds. The lowest BCUT2D eigenvalue weighted by Gasteiger charge is -2.32. The first-order valence-corrected chi connectivity index (χ1v) is 10.9. The molecule has 0 bridgehead atoms. The van der Waals surface area contributed by atoms with Crippen molar-refractivity contribution in [2.75, 3.05) is 31.1 Å². The van der Waals surface area contributed by atoms with Crippen LogP contribution in [0.1, 0.15) is 37.1 Å². The van der Waals surface area contributed by atoms with Crippen LogP contribution in [0.15, 0.2) is 48.7 Å². The summed E-state index contributed by atoms with van der Waals surface area (Å²) in [4.78, 5) is 17.0. The van der Waals surface area contributed by atoms with Gasteiger partial charge in [0.1, 0.15) is 5.82 Å². The van der Waals surface area contributed by atoms with Crippen molar-refractivity contribution < 1.29 is 4.79 Å². The molecule has 0 saturated carbocycles. The second kappa shape index (κ2) is 7.97. The van der Waals surface area contributed by atoms with Crippen molar-refractivity contribution in [3.8, 4) is 0 Å². The number of rotatable bonds is 4. The standard InChI is InChI=1S/C23H28N6O/c1-17-16-19-6-2-3-7-20(19)28(17)15-11-24-23(30)27-13-9-18(10-14-27)22-26-25-21-8-4-5-12-29(21)22/h2-8,12,17-18H,9-11,13-16H2,1H3,(H,24,30). The van der Waals surface area contributed by atoms with Crippen molar-refractivity contribution in [1.82, 2.24) is 24.8 Å². The summed E-state index contributed by atoms with van der Waals surface area (Å²) in [5, 5.41) is 11.8. The third-order valence-electron chi connectivity index (χ3n) is 6.46. The third-order valence-corrected chi connectivity index (χ3v) is 6.46. The van der Waals surface area contributed by atoms with Gasteiger partial charge in [-0.15, -0.1) is 10.2 Å². The molecule has 1 unspecified atom stereocenters. The molecular formula is C23H28N6O. The fraction of sp³-hybridized carbons (Fsp3) is 0.435. The van der Waals surface area contributed by atoms with Gasteiger partial charge in [0.15, 0.2) is 5.65 Å². The molecule has 4 heterocycles. The van der Waals surface area contributed by atoms with Gasteiger partial charge >= 0.3 is 6.03 Å². The Kier molecular flexibility index (Phi) is 5.02. The number of fused-ring (bicyclic) bond motifs is 2. The van der Waals surface area contributed by atoms with Crippen molar-refractivity contribution in [2.24, 2.45) is 0 Å². The van der Waals surface area contributed by atoms with E-state index in [1.807, 2.05) is 29.3 Å². The summed E-state index contributed by atoms with van der Waals surface area (Å²) in [6, 6.07) is 15.0. The van der Waals surface area contributed by atoms with E-state index in [4.69, 9.17) is 0 Å². The number of piperidine rings is 1. The Balaban J connectivity index is 1.12. The minimum Gasteiger partial charge on any atom is -0.367 e. The van der Waals surface area contributed by atoms with Crippen LogP contribution in [0.3, 0.4) is 0 Å². The zero-order valence-electron chi connectivity index (χ0n) is 17.4. The number of likely N-dealkylation sites (tertiary alicyclic amines) is 1. The topological polar surface area (TPSA) is 65.8 Å². The van der Waals surface area contributed by atoms with Gasteiger partial charge in [-0.2, -0.15) is 0 Å². The number of hydrogen-bond acceptors (Lipinski definition) is 4. The van der Waals surface area contributed by atoms with Gasteiger partial charge in [-0.1, -0.05) is 24.3 Å². The quantitative estimate of drug-likeness (QED) is 0.726. The van der Waals surface area contributed by atoms with Gasteiger partial charge in [0.05, 0.1) is 0 Å². The molecule has 156 valence electrons. The number of benzene rings is 1. The summed E-state index contributed by atoms with van der Waals surface area (Å²) in [5.74, 6) is 1.35. The van der Waals surface area contributed by atoms with E-state index in [1.165, 1.54) is 11.3 Å². The molecule has 2 aromatic heterocycles. The van der Waals surface area contributed by atoms with E-state index in [0.717, 1.165) is 50.4 Å². The van der Waals surface area contributed by atoms with Gasteiger partial charge < -0.3 is 15.1 Å². The minimum absolute atomic E-state index is 0.0414. The van der Waals surface area contributed by atoms with Crippen molar-refractivity contribution in [2.45, 2.75) is 38.1 Å². The summed E-state index contributed by atoms with van der Waals surface area (Å²) in [5.41, 5.74) is 3.59. The highest BCUT2D eigenvalue weighted by atomic mass is 16.2. The smallest absolute Gasteiger partial charge is 0.317 e. The van der Waals surface area contributed by atoms with Crippen molar-refractivity contribution in [1.29, 1.82) is 0 Å². The molecule has 0 radical (unpaired) electrons. The van der Waals surface area contributed by atoms with E-state index < -0.39 is 0 Å². The highest BCUT2D eigenvalue weighted by Gasteiger charge is 2.28. The number of para-hydroxylation sites is 1. The van der Waals surface area contributed by atoms with Crippen LogP contribution in [0.4, 0.5) is 10.5 Å². The predicted octanol–water partition coefficient (Wildman–Crippen LogP) is 3.07. The maximum atomic E-state index is 12.7. The number of carbonyl (C=O) groups is 1. The van der Waals surface area contributed by atoms with Crippen molar-refractivity contribution in [3.63, 3.8) is 0 Å². The zero-order valence-corrected chi connectivity index (χ0v) is 17.4. The van der Waals surface area contributed by atoms with Gasteiger partial charge in [-0.25, -0.2) is 4.79 Å². The number of hydrogen-bond donors (Lipinski definition) is 1. The molecule has 7 nitrogen and oxygen atoms in total. The lowest BCUT2D eigenvalue weighted by molar-refractivity contribution is 0.180. The molecule has 0 spiro atoms. The van der Waals surface area contributed by atoms with Gasteiger partial charge in [0, 0.05) is 50.0 Å². The molecule has 0 aliphatic carbocycles. The summed E-state index contributed by atoms with van der Waals surface area (Å²) in [6.07, 6.45) is 4.93. The monoisotopic (exact) mass is 404 g/mol. The van der Waals surface area contributed by atoms with E-state index >= 15 is 0 Å². The number of anilines is 1. The molecule has 2 aliphatic rings. The van der Waals surface area contributed by atoms with Crippen LogP contribution in [0.25, 0.3) is 5.65 Å². The van der Waals surface area contributed by atoms with Crippen LogP contribution in [0, 0.1) is 0 Å². The van der Waals surface area contributed by atoms with E-state index in [9.17, 15) is 4.79 Å². The van der Waals surface area contributed by atoms with Crippen molar-refractivity contribution >= 4 is 17.4 Å². The van der Waals surface area contributed by atoms with Gasteiger partial charge in [-0.05, 0) is 49.9 Å². The van der Waals surface area contributed by atoms with Crippen LogP contribution in [-0.2, 0) is 6.42 Å². The molecule has 3 aromatic rings. The minimum atomic E-state index is 0.0414.